The van der Waals surface area contributed by atoms with Gasteiger partial charge < -0.3 is 19.7 Å². The van der Waals surface area contributed by atoms with Crippen molar-refractivity contribution in [3.05, 3.63) is 54.0 Å². The SMILES string of the molecule is O=C(Nc1ccccc1C(=O)N1CCCC[C@@H]1CCO)c1ccco1. The molecule has 1 aliphatic rings. The van der Waals surface area contributed by atoms with E-state index >= 15 is 0 Å². The van der Waals surface area contributed by atoms with Gasteiger partial charge in [0, 0.05) is 19.2 Å². The number of nitrogens with zero attached hydrogens (tertiary/aromatic N) is 1. The third kappa shape index (κ3) is 3.91. The van der Waals surface area contributed by atoms with Crippen LogP contribution >= 0.6 is 0 Å². The number of furan rings is 1. The standard InChI is InChI=1S/C19H22N2O4/c22-12-10-14-6-3-4-11-21(14)19(24)15-7-1-2-8-16(15)20-18(23)17-9-5-13-25-17/h1-2,5,7-9,13-14,22H,3-4,6,10-12H2,(H,20,23)/t14-/m1/s1. The number of carbonyl (C=O) groups excluding carboxylic acids is 2. The molecule has 2 heterocycles. The van der Waals surface area contributed by atoms with Crippen LogP contribution in [0.15, 0.2) is 47.1 Å². The number of aliphatic hydroxyl groups is 1. The van der Waals surface area contributed by atoms with Crippen LogP contribution in [-0.4, -0.2) is 41.0 Å². The molecule has 3 rings (SSSR count). The van der Waals surface area contributed by atoms with E-state index in [1.54, 1.807) is 36.4 Å². The molecule has 0 aliphatic carbocycles. The summed E-state index contributed by atoms with van der Waals surface area (Å²) in [5.74, 6) is -0.317. The summed E-state index contributed by atoms with van der Waals surface area (Å²) in [5, 5.41) is 12.0. The Hall–Kier alpha value is -2.60. The molecule has 0 bridgehead atoms. The monoisotopic (exact) mass is 342 g/mol. The number of hydrogen-bond donors (Lipinski definition) is 2. The fourth-order valence-corrected chi connectivity index (χ4v) is 3.24. The van der Waals surface area contributed by atoms with E-state index in [1.807, 2.05) is 4.90 Å². The summed E-state index contributed by atoms with van der Waals surface area (Å²) in [4.78, 5) is 27.1. The van der Waals surface area contributed by atoms with Crippen molar-refractivity contribution in [3.63, 3.8) is 0 Å². The highest BCUT2D eigenvalue weighted by molar-refractivity contribution is 6.07. The molecule has 2 N–H and O–H groups in total. The minimum atomic E-state index is -0.393. The van der Waals surface area contributed by atoms with Crippen molar-refractivity contribution in [2.45, 2.75) is 31.7 Å². The van der Waals surface area contributed by atoms with Gasteiger partial charge in [-0.15, -0.1) is 0 Å². The summed E-state index contributed by atoms with van der Waals surface area (Å²) < 4.78 is 5.10. The minimum absolute atomic E-state index is 0.0417. The highest BCUT2D eigenvalue weighted by Gasteiger charge is 2.28. The van der Waals surface area contributed by atoms with Gasteiger partial charge in [-0.2, -0.15) is 0 Å². The van der Waals surface area contributed by atoms with Gasteiger partial charge in [0.25, 0.3) is 11.8 Å². The molecule has 1 fully saturated rings. The van der Waals surface area contributed by atoms with Gasteiger partial charge in [-0.3, -0.25) is 9.59 Å². The average molecular weight is 342 g/mol. The molecule has 0 radical (unpaired) electrons. The van der Waals surface area contributed by atoms with Crippen molar-refractivity contribution in [2.75, 3.05) is 18.5 Å². The normalized spacial score (nSPS) is 17.3. The number of rotatable bonds is 5. The Morgan fingerprint density at radius 2 is 2.04 bits per heavy atom. The first-order chi connectivity index (χ1) is 12.2. The zero-order chi connectivity index (χ0) is 17.6. The van der Waals surface area contributed by atoms with E-state index in [9.17, 15) is 14.7 Å². The van der Waals surface area contributed by atoms with Crippen molar-refractivity contribution in [1.82, 2.24) is 4.90 Å². The predicted octanol–water partition coefficient (Wildman–Crippen LogP) is 2.91. The number of para-hydroxylation sites is 1. The van der Waals surface area contributed by atoms with E-state index in [1.165, 1.54) is 6.26 Å². The van der Waals surface area contributed by atoms with Gasteiger partial charge >= 0.3 is 0 Å². The highest BCUT2D eigenvalue weighted by atomic mass is 16.3. The first-order valence-electron chi connectivity index (χ1n) is 8.56. The van der Waals surface area contributed by atoms with Crippen molar-refractivity contribution in [3.8, 4) is 0 Å². The Bertz CT molecular complexity index is 725. The number of hydrogen-bond acceptors (Lipinski definition) is 4. The summed E-state index contributed by atoms with van der Waals surface area (Å²) in [7, 11) is 0. The van der Waals surface area contributed by atoms with Crippen LogP contribution in [0.25, 0.3) is 0 Å². The smallest absolute Gasteiger partial charge is 0.291 e. The maximum atomic E-state index is 13.0. The Kier molecular flexibility index (Phi) is 5.50. The zero-order valence-electron chi connectivity index (χ0n) is 14.0. The maximum absolute atomic E-state index is 13.0. The molecule has 1 atom stereocenters. The van der Waals surface area contributed by atoms with Crippen LogP contribution in [-0.2, 0) is 0 Å². The number of carbonyl (C=O) groups is 2. The Morgan fingerprint density at radius 1 is 1.20 bits per heavy atom. The average Bonchev–Trinajstić information content (AvgIpc) is 3.17. The first-order valence-corrected chi connectivity index (χ1v) is 8.56. The molecule has 1 aromatic heterocycles. The number of amides is 2. The second-order valence-corrected chi connectivity index (χ2v) is 6.14. The van der Waals surface area contributed by atoms with E-state index in [0.717, 1.165) is 19.3 Å². The highest BCUT2D eigenvalue weighted by Crippen LogP contribution is 2.25. The zero-order valence-corrected chi connectivity index (χ0v) is 14.0. The number of anilines is 1. The van der Waals surface area contributed by atoms with Crippen LogP contribution in [0.5, 0.6) is 0 Å². The van der Waals surface area contributed by atoms with E-state index in [0.29, 0.717) is 24.2 Å². The summed E-state index contributed by atoms with van der Waals surface area (Å²) in [5.41, 5.74) is 0.912. The number of likely N-dealkylation sites (tertiary alicyclic amines) is 1. The molecule has 25 heavy (non-hydrogen) atoms. The largest absolute Gasteiger partial charge is 0.459 e. The molecule has 1 saturated heterocycles. The van der Waals surface area contributed by atoms with E-state index in [2.05, 4.69) is 5.32 Å². The molecule has 6 nitrogen and oxygen atoms in total. The van der Waals surface area contributed by atoms with Gasteiger partial charge in [0.15, 0.2) is 5.76 Å². The summed E-state index contributed by atoms with van der Waals surface area (Å²) in [6, 6.07) is 10.2. The van der Waals surface area contributed by atoms with Gasteiger partial charge in [0.05, 0.1) is 17.5 Å². The van der Waals surface area contributed by atoms with Crippen molar-refractivity contribution < 1.29 is 19.1 Å². The Balaban J connectivity index is 1.81. The van der Waals surface area contributed by atoms with Crippen LogP contribution in [0.3, 0.4) is 0 Å². The predicted molar refractivity (Wildman–Crippen MR) is 93.5 cm³/mol. The topological polar surface area (TPSA) is 82.8 Å². The number of nitrogens with one attached hydrogen (secondary N) is 1. The van der Waals surface area contributed by atoms with Gasteiger partial charge in [-0.25, -0.2) is 0 Å². The molecule has 1 aromatic carbocycles. The number of piperidine rings is 1. The molecule has 0 saturated carbocycles. The third-order valence-electron chi connectivity index (χ3n) is 4.50. The fraction of sp³-hybridized carbons (Fsp3) is 0.368. The van der Waals surface area contributed by atoms with Crippen molar-refractivity contribution in [1.29, 1.82) is 0 Å². The van der Waals surface area contributed by atoms with Gasteiger partial charge in [-0.1, -0.05) is 12.1 Å². The third-order valence-corrected chi connectivity index (χ3v) is 4.50. The summed E-state index contributed by atoms with van der Waals surface area (Å²) >= 11 is 0. The van der Waals surface area contributed by atoms with Gasteiger partial charge in [0.2, 0.25) is 0 Å². The molecule has 2 amide bonds. The van der Waals surface area contributed by atoms with Crippen molar-refractivity contribution in [2.24, 2.45) is 0 Å². The lowest BCUT2D eigenvalue weighted by Crippen LogP contribution is -2.44. The summed E-state index contributed by atoms with van der Waals surface area (Å²) in [6.45, 7) is 0.731. The van der Waals surface area contributed by atoms with Crippen LogP contribution in [0.1, 0.15) is 46.6 Å². The van der Waals surface area contributed by atoms with Crippen LogP contribution in [0.4, 0.5) is 5.69 Å². The van der Waals surface area contributed by atoms with Gasteiger partial charge in [-0.05, 0) is 49.9 Å². The van der Waals surface area contributed by atoms with Gasteiger partial charge in [0.1, 0.15) is 0 Å². The Labute approximate surface area is 146 Å². The number of aliphatic hydroxyl groups excluding tert-OH is 1. The maximum Gasteiger partial charge on any atom is 0.291 e. The van der Waals surface area contributed by atoms with Crippen LogP contribution in [0, 0.1) is 0 Å². The minimum Gasteiger partial charge on any atom is -0.459 e. The fourth-order valence-electron chi connectivity index (χ4n) is 3.24. The molecular weight excluding hydrogens is 320 g/mol. The number of benzene rings is 1. The molecule has 0 unspecified atom stereocenters. The lowest BCUT2D eigenvalue weighted by atomic mass is 9.98. The molecule has 0 spiro atoms. The Morgan fingerprint density at radius 3 is 2.80 bits per heavy atom. The summed E-state index contributed by atoms with van der Waals surface area (Å²) in [6.07, 6.45) is 4.92. The quantitative estimate of drug-likeness (QED) is 0.875. The van der Waals surface area contributed by atoms with Crippen LogP contribution < -0.4 is 5.32 Å². The van der Waals surface area contributed by atoms with E-state index < -0.39 is 5.91 Å². The molecular formula is C19H22N2O4. The lowest BCUT2D eigenvalue weighted by Gasteiger charge is -2.36. The van der Waals surface area contributed by atoms with Crippen LogP contribution in [0.2, 0.25) is 0 Å². The molecule has 2 aromatic rings. The molecule has 1 aliphatic heterocycles. The molecule has 132 valence electrons. The second-order valence-electron chi connectivity index (χ2n) is 6.14. The van der Waals surface area contributed by atoms with E-state index in [4.69, 9.17) is 4.42 Å². The van der Waals surface area contributed by atoms with E-state index in [-0.39, 0.29) is 24.3 Å². The lowest BCUT2D eigenvalue weighted by molar-refractivity contribution is 0.0575. The van der Waals surface area contributed by atoms with Crippen molar-refractivity contribution >= 4 is 17.5 Å². The first kappa shape index (κ1) is 17.2. The second kappa shape index (κ2) is 7.98. The molecule has 6 heteroatoms.